The van der Waals surface area contributed by atoms with Crippen molar-refractivity contribution in [2.24, 2.45) is 11.3 Å². The van der Waals surface area contributed by atoms with E-state index in [4.69, 9.17) is 10.6 Å². The Bertz CT molecular complexity index is 395. The molecule has 1 aliphatic rings. The maximum atomic E-state index is 13.8. The van der Waals surface area contributed by atoms with Gasteiger partial charge in [-0.25, -0.2) is 9.40 Å². The summed E-state index contributed by atoms with van der Waals surface area (Å²) >= 11 is 0. The van der Waals surface area contributed by atoms with E-state index in [0.717, 1.165) is 31.5 Å². The van der Waals surface area contributed by atoms with Crippen LogP contribution in [0.1, 0.15) is 18.4 Å². The summed E-state index contributed by atoms with van der Waals surface area (Å²) in [4.78, 5) is 0. The second-order valence-corrected chi connectivity index (χ2v) is 5.28. The van der Waals surface area contributed by atoms with Crippen LogP contribution in [0.3, 0.4) is 0 Å². The number of hydrazine groups is 1. The lowest BCUT2D eigenvalue weighted by molar-refractivity contribution is 0.0111. The average molecular weight is 252 g/mol. The van der Waals surface area contributed by atoms with E-state index in [-0.39, 0.29) is 11.2 Å². The Morgan fingerprint density at radius 3 is 2.89 bits per heavy atom. The molecule has 0 saturated carbocycles. The Balaban J connectivity index is 2.17. The van der Waals surface area contributed by atoms with Gasteiger partial charge < -0.3 is 4.74 Å². The molecule has 0 aromatic heterocycles. The number of hydrogen-bond acceptors (Lipinski definition) is 3. The van der Waals surface area contributed by atoms with E-state index in [1.165, 1.54) is 6.07 Å². The van der Waals surface area contributed by atoms with Crippen LogP contribution in [-0.2, 0) is 11.2 Å². The lowest BCUT2D eigenvalue weighted by Crippen LogP contribution is -2.49. The van der Waals surface area contributed by atoms with Crippen molar-refractivity contribution >= 4 is 0 Å². The van der Waals surface area contributed by atoms with Crippen LogP contribution in [0, 0.1) is 11.2 Å². The van der Waals surface area contributed by atoms with Crippen molar-refractivity contribution in [2.75, 3.05) is 26.8 Å². The molecule has 2 N–H and O–H groups in total. The van der Waals surface area contributed by atoms with Crippen molar-refractivity contribution < 1.29 is 9.13 Å². The maximum Gasteiger partial charge on any atom is 0.126 e. The Morgan fingerprint density at radius 1 is 1.44 bits per heavy atom. The van der Waals surface area contributed by atoms with E-state index in [0.29, 0.717) is 13.0 Å². The fourth-order valence-electron chi connectivity index (χ4n) is 2.91. The minimum atomic E-state index is -0.137. The molecule has 18 heavy (non-hydrogen) atoms. The van der Waals surface area contributed by atoms with E-state index in [1.54, 1.807) is 13.2 Å². The van der Waals surface area contributed by atoms with Crippen molar-refractivity contribution in [3.63, 3.8) is 0 Å². The summed E-state index contributed by atoms with van der Waals surface area (Å²) in [6, 6.07) is 6.96. The zero-order chi connectivity index (χ0) is 13.0. The molecule has 1 aromatic carbocycles. The normalized spacial score (nSPS) is 25.3. The first kappa shape index (κ1) is 13.5. The van der Waals surface area contributed by atoms with Crippen LogP contribution in [0.5, 0.6) is 0 Å². The lowest BCUT2D eigenvalue weighted by atomic mass is 9.76. The summed E-state index contributed by atoms with van der Waals surface area (Å²) in [5.74, 6) is 5.78. The Labute approximate surface area is 108 Å². The van der Waals surface area contributed by atoms with Crippen LogP contribution in [0.4, 0.5) is 4.39 Å². The van der Waals surface area contributed by atoms with E-state index in [2.05, 4.69) is 0 Å². The minimum absolute atomic E-state index is 0.0655. The van der Waals surface area contributed by atoms with Gasteiger partial charge in [-0.2, -0.15) is 0 Å². The van der Waals surface area contributed by atoms with Crippen molar-refractivity contribution in [3.05, 3.63) is 35.6 Å². The highest BCUT2D eigenvalue weighted by Gasteiger charge is 2.35. The number of benzene rings is 1. The molecule has 2 rings (SSSR count). The highest BCUT2D eigenvalue weighted by Crippen LogP contribution is 2.33. The number of nitrogens with zero attached hydrogens (tertiary/aromatic N) is 1. The number of ether oxygens (including phenoxy) is 1. The van der Waals surface area contributed by atoms with Crippen LogP contribution >= 0.6 is 0 Å². The first-order chi connectivity index (χ1) is 8.65. The van der Waals surface area contributed by atoms with E-state index >= 15 is 0 Å². The zero-order valence-corrected chi connectivity index (χ0v) is 10.9. The smallest absolute Gasteiger partial charge is 0.126 e. The Kier molecular flexibility index (Phi) is 4.32. The van der Waals surface area contributed by atoms with Crippen molar-refractivity contribution in [3.8, 4) is 0 Å². The van der Waals surface area contributed by atoms with Gasteiger partial charge in [-0.3, -0.25) is 5.84 Å². The second-order valence-electron chi connectivity index (χ2n) is 5.28. The van der Waals surface area contributed by atoms with Crippen molar-refractivity contribution in [1.29, 1.82) is 0 Å². The molecule has 1 saturated heterocycles. The molecule has 0 aliphatic carbocycles. The van der Waals surface area contributed by atoms with Crippen LogP contribution in [-0.4, -0.2) is 31.8 Å². The molecule has 0 amide bonds. The molecular weight excluding hydrogens is 231 g/mol. The minimum Gasteiger partial charge on any atom is -0.384 e. The van der Waals surface area contributed by atoms with Crippen molar-refractivity contribution in [1.82, 2.24) is 5.01 Å². The molecule has 1 aromatic rings. The topological polar surface area (TPSA) is 38.5 Å². The molecule has 1 heterocycles. The number of rotatable bonds is 4. The highest BCUT2D eigenvalue weighted by molar-refractivity contribution is 5.19. The van der Waals surface area contributed by atoms with Gasteiger partial charge in [-0.1, -0.05) is 18.2 Å². The molecule has 4 heteroatoms. The molecule has 0 spiro atoms. The number of halogens is 1. The van der Waals surface area contributed by atoms with Gasteiger partial charge in [0.15, 0.2) is 0 Å². The van der Waals surface area contributed by atoms with Gasteiger partial charge in [0.2, 0.25) is 0 Å². The van der Waals surface area contributed by atoms with Gasteiger partial charge >= 0.3 is 0 Å². The summed E-state index contributed by atoms with van der Waals surface area (Å²) in [6.45, 7) is 2.28. The molecule has 1 fully saturated rings. The number of hydrogen-bond donors (Lipinski definition) is 1. The van der Waals surface area contributed by atoms with Gasteiger partial charge in [0.05, 0.1) is 6.61 Å². The van der Waals surface area contributed by atoms with Gasteiger partial charge in [0, 0.05) is 25.6 Å². The number of methoxy groups -OCH3 is 1. The molecule has 1 unspecified atom stereocenters. The van der Waals surface area contributed by atoms with Crippen LogP contribution in [0.25, 0.3) is 0 Å². The van der Waals surface area contributed by atoms with Gasteiger partial charge in [0.25, 0.3) is 0 Å². The second kappa shape index (κ2) is 5.78. The molecule has 3 nitrogen and oxygen atoms in total. The third-order valence-corrected chi connectivity index (χ3v) is 3.66. The summed E-state index contributed by atoms with van der Waals surface area (Å²) in [7, 11) is 1.69. The predicted molar refractivity (Wildman–Crippen MR) is 69.4 cm³/mol. The van der Waals surface area contributed by atoms with E-state index < -0.39 is 0 Å². The number of piperidine rings is 1. The third kappa shape index (κ3) is 3.07. The van der Waals surface area contributed by atoms with Gasteiger partial charge in [-0.05, 0) is 30.9 Å². The monoisotopic (exact) mass is 252 g/mol. The van der Waals surface area contributed by atoms with E-state index in [1.807, 2.05) is 17.1 Å². The molecule has 0 bridgehead atoms. The van der Waals surface area contributed by atoms with E-state index in [9.17, 15) is 4.39 Å². The summed E-state index contributed by atoms with van der Waals surface area (Å²) < 4.78 is 19.1. The maximum absolute atomic E-state index is 13.8. The van der Waals surface area contributed by atoms with Crippen molar-refractivity contribution in [2.45, 2.75) is 19.3 Å². The number of nitrogens with two attached hydrogens (primary N) is 1. The first-order valence-corrected chi connectivity index (χ1v) is 6.37. The Morgan fingerprint density at radius 2 is 2.22 bits per heavy atom. The SMILES string of the molecule is COCC1(Cc2ccccc2F)CCCN(N)C1. The molecule has 1 aliphatic heterocycles. The predicted octanol–water partition coefficient (Wildman–Crippen LogP) is 1.97. The van der Waals surface area contributed by atoms with Crippen LogP contribution in [0.2, 0.25) is 0 Å². The van der Waals surface area contributed by atoms with Crippen LogP contribution in [0.15, 0.2) is 24.3 Å². The van der Waals surface area contributed by atoms with Gasteiger partial charge in [0.1, 0.15) is 5.82 Å². The summed E-state index contributed by atoms with van der Waals surface area (Å²) in [5.41, 5.74) is 0.689. The van der Waals surface area contributed by atoms with Crippen LogP contribution < -0.4 is 5.84 Å². The average Bonchev–Trinajstić information content (AvgIpc) is 2.32. The largest absolute Gasteiger partial charge is 0.384 e. The fraction of sp³-hybridized carbons (Fsp3) is 0.571. The molecule has 1 atom stereocenters. The lowest BCUT2D eigenvalue weighted by Gasteiger charge is -2.41. The molecule has 0 radical (unpaired) electrons. The standard InChI is InChI=1S/C14H21FN2O/c1-18-11-14(7-4-8-17(16)10-14)9-12-5-2-3-6-13(12)15/h2-3,5-6H,4,7-11,16H2,1H3. The Hall–Kier alpha value is -0.970. The summed E-state index contributed by atoms with van der Waals surface area (Å²) in [6.07, 6.45) is 2.75. The third-order valence-electron chi connectivity index (χ3n) is 3.66. The quantitative estimate of drug-likeness (QED) is 0.833. The molecule has 100 valence electrons. The highest BCUT2D eigenvalue weighted by atomic mass is 19.1. The van der Waals surface area contributed by atoms with Gasteiger partial charge in [-0.15, -0.1) is 0 Å². The zero-order valence-electron chi connectivity index (χ0n) is 10.9. The molecular formula is C14H21FN2O. The fourth-order valence-corrected chi connectivity index (χ4v) is 2.91. The summed E-state index contributed by atoms with van der Waals surface area (Å²) in [5, 5.41) is 1.82. The first-order valence-electron chi connectivity index (χ1n) is 6.37.